The summed E-state index contributed by atoms with van der Waals surface area (Å²) in [5.41, 5.74) is 1.69. The first kappa shape index (κ1) is 15.4. The fourth-order valence-corrected chi connectivity index (χ4v) is 2.02. The van der Waals surface area contributed by atoms with Crippen LogP contribution in [0.15, 0.2) is 23.8 Å². The third-order valence-corrected chi connectivity index (χ3v) is 2.81. The van der Waals surface area contributed by atoms with E-state index in [9.17, 15) is 0 Å². The molecule has 0 amide bonds. The summed E-state index contributed by atoms with van der Waals surface area (Å²) in [6.07, 6.45) is 7.24. The number of allylic oxidation sites excluding steroid dienone is 3. The molecule has 0 spiro atoms. The normalized spacial score (nSPS) is 16.1. The number of aliphatic hydroxyl groups excluding tert-OH is 1. The minimum atomic E-state index is 0.123. The van der Waals surface area contributed by atoms with Crippen LogP contribution in [-0.4, -0.2) is 11.7 Å². The summed E-state index contributed by atoms with van der Waals surface area (Å²) in [4.78, 5) is 0. The van der Waals surface area contributed by atoms with E-state index in [-0.39, 0.29) is 6.61 Å². The average molecular weight is 224 g/mol. The Morgan fingerprint density at radius 1 is 1.25 bits per heavy atom. The van der Waals surface area contributed by atoms with Crippen LogP contribution in [0.4, 0.5) is 0 Å². The van der Waals surface area contributed by atoms with Crippen molar-refractivity contribution in [3.8, 4) is 0 Å². The molecular weight excluding hydrogens is 196 g/mol. The minimum Gasteiger partial charge on any atom is -0.392 e. The molecule has 94 valence electrons. The van der Waals surface area contributed by atoms with Gasteiger partial charge in [0.25, 0.3) is 0 Å². The molecule has 0 radical (unpaired) electrons. The fraction of sp³-hybridized carbons (Fsp3) is 0.733. The van der Waals surface area contributed by atoms with Gasteiger partial charge in [0.1, 0.15) is 0 Å². The van der Waals surface area contributed by atoms with Crippen molar-refractivity contribution < 1.29 is 5.11 Å². The second kappa shape index (κ2) is 6.90. The summed E-state index contributed by atoms with van der Waals surface area (Å²) in [6.45, 7) is 13.6. The van der Waals surface area contributed by atoms with Crippen LogP contribution >= 0.6 is 0 Å². The molecule has 0 aromatic heterocycles. The summed E-state index contributed by atoms with van der Waals surface area (Å²) in [5.74, 6) is 1.21. The zero-order valence-corrected chi connectivity index (χ0v) is 11.7. The highest BCUT2D eigenvalue weighted by Gasteiger charge is 2.23. The van der Waals surface area contributed by atoms with E-state index in [4.69, 9.17) is 5.11 Å². The van der Waals surface area contributed by atoms with Crippen molar-refractivity contribution in [3.63, 3.8) is 0 Å². The quantitative estimate of drug-likeness (QED) is 0.694. The molecular formula is C15H28O. The molecule has 0 aromatic rings. The maximum absolute atomic E-state index is 8.85. The molecule has 1 heteroatoms. The van der Waals surface area contributed by atoms with Gasteiger partial charge >= 0.3 is 0 Å². The van der Waals surface area contributed by atoms with E-state index in [0.717, 1.165) is 0 Å². The third kappa shape index (κ3) is 6.12. The average Bonchev–Trinajstić information content (AvgIpc) is 2.15. The largest absolute Gasteiger partial charge is 0.392 e. The summed E-state index contributed by atoms with van der Waals surface area (Å²) in [7, 11) is 0. The SMILES string of the molecule is C/C=C(\C=C/CO)C(CC(C)(C)C)C(C)C. The van der Waals surface area contributed by atoms with Crippen molar-refractivity contribution in [2.45, 2.75) is 48.0 Å². The van der Waals surface area contributed by atoms with E-state index in [0.29, 0.717) is 17.3 Å². The van der Waals surface area contributed by atoms with Crippen molar-refractivity contribution in [2.75, 3.05) is 6.61 Å². The Kier molecular flexibility index (Phi) is 6.66. The highest BCUT2D eigenvalue weighted by Crippen LogP contribution is 2.34. The van der Waals surface area contributed by atoms with Gasteiger partial charge in [0.2, 0.25) is 0 Å². The summed E-state index contributed by atoms with van der Waals surface area (Å²) in [6, 6.07) is 0. The van der Waals surface area contributed by atoms with Gasteiger partial charge in [0, 0.05) is 0 Å². The Morgan fingerprint density at radius 2 is 1.81 bits per heavy atom. The first-order valence-corrected chi connectivity index (χ1v) is 6.25. The molecule has 0 aliphatic rings. The van der Waals surface area contributed by atoms with Crippen LogP contribution in [0.25, 0.3) is 0 Å². The van der Waals surface area contributed by atoms with Crippen LogP contribution in [0.3, 0.4) is 0 Å². The smallest absolute Gasteiger partial charge is 0.0615 e. The van der Waals surface area contributed by atoms with E-state index in [1.165, 1.54) is 12.0 Å². The monoisotopic (exact) mass is 224 g/mol. The summed E-state index contributed by atoms with van der Waals surface area (Å²) in [5, 5.41) is 8.85. The Labute approximate surface area is 101 Å². The molecule has 1 atom stereocenters. The molecule has 0 heterocycles. The number of hydrogen-bond donors (Lipinski definition) is 1. The lowest BCUT2D eigenvalue weighted by Gasteiger charge is -2.30. The molecule has 0 aliphatic heterocycles. The van der Waals surface area contributed by atoms with Gasteiger partial charge in [-0.3, -0.25) is 0 Å². The third-order valence-electron chi connectivity index (χ3n) is 2.81. The van der Waals surface area contributed by atoms with Gasteiger partial charge < -0.3 is 5.11 Å². The molecule has 16 heavy (non-hydrogen) atoms. The molecule has 0 aromatic carbocycles. The molecule has 0 rings (SSSR count). The highest BCUT2D eigenvalue weighted by molar-refractivity contribution is 5.22. The van der Waals surface area contributed by atoms with Crippen LogP contribution in [0.1, 0.15) is 48.0 Å². The Hall–Kier alpha value is -0.560. The standard InChI is InChI=1S/C15H28O/c1-7-13(9-8-10-16)14(12(2)3)11-15(4,5)6/h7-9,12,14,16H,10-11H2,1-6H3/b9-8-,13-7+. The molecule has 0 bridgehead atoms. The van der Waals surface area contributed by atoms with E-state index < -0.39 is 0 Å². The van der Waals surface area contributed by atoms with E-state index in [1.54, 1.807) is 0 Å². The summed E-state index contributed by atoms with van der Waals surface area (Å²) >= 11 is 0. The second-order valence-electron chi connectivity index (χ2n) is 5.99. The van der Waals surface area contributed by atoms with Gasteiger partial charge in [-0.05, 0) is 36.2 Å². The first-order valence-electron chi connectivity index (χ1n) is 6.25. The van der Waals surface area contributed by atoms with Crippen molar-refractivity contribution in [2.24, 2.45) is 17.3 Å². The van der Waals surface area contributed by atoms with Gasteiger partial charge in [-0.1, -0.05) is 52.8 Å². The van der Waals surface area contributed by atoms with E-state index >= 15 is 0 Å². The Morgan fingerprint density at radius 3 is 2.12 bits per heavy atom. The van der Waals surface area contributed by atoms with Gasteiger partial charge in [-0.2, -0.15) is 0 Å². The number of aliphatic hydroxyl groups is 1. The maximum Gasteiger partial charge on any atom is 0.0615 e. The van der Waals surface area contributed by atoms with Crippen molar-refractivity contribution >= 4 is 0 Å². The molecule has 0 saturated heterocycles. The van der Waals surface area contributed by atoms with E-state index in [2.05, 4.69) is 53.7 Å². The van der Waals surface area contributed by atoms with E-state index in [1.807, 2.05) is 6.08 Å². The molecule has 1 unspecified atom stereocenters. The molecule has 0 saturated carbocycles. The van der Waals surface area contributed by atoms with Crippen LogP contribution in [0, 0.1) is 17.3 Å². The lowest BCUT2D eigenvalue weighted by molar-refractivity contribution is 0.275. The van der Waals surface area contributed by atoms with Crippen molar-refractivity contribution in [3.05, 3.63) is 23.8 Å². The summed E-state index contributed by atoms with van der Waals surface area (Å²) < 4.78 is 0. The number of rotatable bonds is 5. The van der Waals surface area contributed by atoms with Gasteiger partial charge in [0.15, 0.2) is 0 Å². The van der Waals surface area contributed by atoms with Gasteiger partial charge in [-0.15, -0.1) is 0 Å². The van der Waals surface area contributed by atoms with Crippen LogP contribution < -0.4 is 0 Å². The van der Waals surface area contributed by atoms with Gasteiger partial charge in [0.05, 0.1) is 6.61 Å². The topological polar surface area (TPSA) is 20.2 Å². The van der Waals surface area contributed by atoms with Crippen LogP contribution in [0.5, 0.6) is 0 Å². The lowest BCUT2D eigenvalue weighted by atomic mass is 9.76. The molecule has 1 nitrogen and oxygen atoms in total. The predicted octanol–water partition coefficient (Wildman–Crippen LogP) is 4.19. The van der Waals surface area contributed by atoms with Crippen LogP contribution in [-0.2, 0) is 0 Å². The maximum atomic E-state index is 8.85. The molecule has 1 N–H and O–H groups in total. The van der Waals surface area contributed by atoms with Crippen LogP contribution in [0.2, 0.25) is 0 Å². The van der Waals surface area contributed by atoms with Gasteiger partial charge in [-0.25, -0.2) is 0 Å². The molecule has 0 aliphatic carbocycles. The second-order valence-corrected chi connectivity index (χ2v) is 5.99. The predicted molar refractivity (Wildman–Crippen MR) is 72.4 cm³/mol. The van der Waals surface area contributed by atoms with Crippen molar-refractivity contribution in [1.29, 1.82) is 0 Å². The Bertz CT molecular complexity index is 241. The Balaban J connectivity index is 4.82. The zero-order chi connectivity index (χ0) is 12.8. The minimum absolute atomic E-state index is 0.123. The number of hydrogen-bond acceptors (Lipinski definition) is 1. The highest BCUT2D eigenvalue weighted by atomic mass is 16.2. The van der Waals surface area contributed by atoms with Crippen molar-refractivity contribution in [1.82, 2.24) is 0 Å². The lowest BCUT2D eigenvalue weighted by Crippen LogP contribution is -2.19. The fourth-order valence-electron chi connectivity index (χ4n) is 2.02. The molecule has 0 fully saturated rings. The zero-order valence-electron chi connectivity index (χ0n) is 11.7. The first-order chi connectivity index (χ1) is 7.31.